The van der Waals surface area contributed by atoms with Crippen LogP contribution in [0.5, 0.6) is 5.88 Å². The van der Waals surface area contributed by atoms with E-state index in [1.165, 1.54) is 35.1 Å². The second-order valence-electron chi connectivity index (χ2n) is 12.8. The Hall–Kier alpha value is -3.55. The van der Waals surface area contributed by atoms with E-state index in [0.29, 0.717) is 28.9 Å². The fourth-order valence-electron chi connectivity index (χ4n) is 7.68. The smallest absolute Gasteiger partial charge is 0.212 e. The van der Waals surface area contributed by atoms with E-state index in [9.17, 15) is 5.26 Å². The first-order valence-corrected chi connectivity index (χ1v) is 15.2. The van der Waals surface area contributed by atoms with E-state index in [1.54, 1.807) is 13.3 Å². The molecule has 3 aromatic heterocycles. The minimum absolute atomic E-state index is 0.182. The summed E-state index contributed by atoms with van der Waals surface area (Å²) in [5.41, 5.74) is 6.95. The van der Waals surface area contributed by atoms with Gasteiger partial charge in [0.15, 0.2) is 0 Å². The number of aromatic nitrogens is 3. The summed E-state index contributed by atoms with van der Waals surface area (Å²) in [7, 11) is 1.65. The molecule has 6 aliphatic rings. The van der Waals surface area contributed by atoms with Gasteiger partial charge in [0.25, 0.3) is 0 Å². The van der Waals surface area contributed by atoms with Gasteiger partial charge in [-0.2, -0.15) is 10.4 Å². The van der Waals surface area contributed by atoms with Crippen molar-refractivity contribution >= 4 is 11.1 Å². The zero-order chi connectivity index (χ0) is 28.3. The molecule has 216 valence electrons. The molecule has 3 unspecified atom stereocenters. The molecule has 4 saturated heterocycles. The van der Waals surface area contributed by atoms with Crippen molar-refractivity contribution in [3.8, 4) is 11.9 Å². The van der Waals surface area contributed by atoms with Crippen LogP contribution >= 0.6 is 0 Å². The Morgan fingerprint density at radius 2 is 2.07 bits per heavy atom. The first kappa shape index (κ1) is 26.1. The third kappa shape index (κ3) is 4.45. The lowest BCUT2D eigenvalue weighted by molar-refractivity contribution is -0.116. The summed E-state index contributed by atoms with van der Waals surface area (Å²) in [6, 6.07) is 9.92. The van der Waals surface area contributed by atoms with E-state index in [1.807, 2.05) is 16.8 Å². The largest absolute Gasteiger partial charge is 0.481 e. The molecule has 1 aliphatic carbocycles. The number of hydrogen-bond acceptors (Lipinski definition) is 8. The second kappa shape index (κ2) is 10.3. The van der Waals surface area contributed by atoms with Crippen molar-refractivity contribution in [1.82, 2.24) is 29.7 Å². The van der Waals surface area contributed by atoms with Gasteiger partial charge < -0.3 is 9.47 Å². The van der Waals surface area contributed by atoms with Gasteiger partial charge in [-0.1, -0.05) is 24.3 Å². The molecule has 8 heterocycles. The molecule has 3 aromatic rings. The summed E-state index contributed by atoms with van der Waals surface area (Å²) in [5.74, 6) is 0.844. The van der Waals surface area contributed by atoms with Crippen molar-refractivity contribution < 1.29 is 9.47 Å². The quantitative estimate of drug-likeness (QED) is 0.454. The van der Waals surface area contributed by atoms with Crippen molar-refractivity contribution in [2.24, 2.45) is 5.41 Å². The average Bonchev–Trinajstić information content (AvgIpc) is 3.46. The van der Waals surface area contributed by atoms with E-state index in [4.69, 9.17) is 9.47 Å². The lowest BCUT2D eigenvalue weighted by atomic mass is 9.72. The van der Waals surface area contributed by atoms with E-state index in [2.05, 4.69) is 67.8 Å². The summed E-state index contributed by atoms with van der Waals surface area (Å²) in [6.07, 6.45) is 17.7. The van der Waals surface area contributed by atoms with Crippen LogP contribution in [0.2, 0.25) is 0 Å². The van der Waals surface area contributed by atoms with Gasteiger partial charge in [0.05, 0.1) is 43.8 Å². The molecule has 0 amide bonds. The van der Waals surface area contributed by atoms with Gasteiger partial charge in [0.2, 0.25) is 5.88 Å². The molecule has 42 heavy (non-hydrogen) atoms. The van der Waals surface area contributed by atoms with E-state index in [-0.39, 0.29) is 12.1 Å². The molecule has 0 saturated carbocycles. The zero-order valence-electron chi connectivity index (χ0n) is 24.1. The monoisotopic (exact) mass is 563 g/mol. The van der Waals surface area contributed by atoms with E-state index in [0.717, 1.165) is 57.8 Å². The lowest BCUT2D eigenvalue weighted by Gasteiger charge is -2.58. The predicted molar refractivity (Wildman–Crippen MR) is 159 cm³/mol. The molecular formula is C33H37N7O2. The highest BCUT2D eigenvalue weighted by molar-refractivity contribution is 5.73. The number of fused-ring (bicyclic) bond motifs is 3. The van der Waals surface area contributed by atoms with Gasteiger partial charge in [0, 0.05) is 68.1 Å². The number of nitrogens with zero attached hydrogens (tertiary/aromatic N) is 6. The third-order valence-corrected chi connectivity index (χ3v) is 10.3. The minimum Gasteiger partial charge on any atom is -0.481 e. The SMILES string of the molecule is COc1ccc(CN2C3C[C@@H]2CN(C2C=CC(c4cc(C5=CCC6(CC5)COC6)cn5ncc(C#N)c45)CN2)C3)cn1. The molecule has 5 aliphatic heterocycles. The molecule has 1 spiro atoms. The molecule has 9 nitrogen and oxygen atoms in total. The zero-order valence-corrected chi connectivity index (χ0v) is 24.1. The van der Waals surface area contributed by atoms with Crippen LogP contribution in [0.1, 0.15) is 53.9 Å². The Bertz CT molecular complexity index is 1590. The van der Waals surface area contributed by atoms with Crippen molar-refractivity contribution in [2.45, 2.75) is 56.4 Å². The van der Waals surface area contributed by atoms with Crippen LogP contribution in [0, 0.1) is 16.7 Å². The topological polar surface area (TPSA) is 91.0 Å². The molecule has 2 bridgehead atoms. The van der Waals surface area contributed by atoms with Crippen LogP contribution in [-0.4, -0.2) is 82.6 Å². The molecular weight excluding hydrogens is 526 g/mol. The van der Waals surface area contributed by atoms with Crippen molar-refractivity contribution in [3.63, 3.8) is 0 Å². The van der Waals surface area contributed by atoms with Crippen LogP contribution in [0.25, 0.3) is 11.1 Å². The maximum atomic E-state index is 9.86. The molecule has 4 atom stereocenters. The maximum Gasteiger partial charge on any atom is 0.212 e. The molecule has 4 fully saturated rings. The van der Waals surface area contributed by atoms with Crippen molar-refractivity contribution in [2.75, 3.05) is 40.0 Å². The fraction of sp³-hybridized carbons (Fsp3) is 0.485. The molecule has 9 heteroatoms. The third-order valence-electron chi connectivity index (χ3n) is 10.3. The number of methoxy groups -OCH3 is 1. The summed E-state index contributed by atoms with van der Waals surface area (Å²) >= 11 is 0. The second-order valence-corrected chi connectivity index (χ2v) is 12.8. The highest BCUT2D eigenvalue weighted by Crippen LogP contribution is 2.44. The van der Waals surface area contributed by atoms with Gasteiger partial charge in [0.1, 0.15) is 6.07 Å². The van der Waals surface area contributed by atoms with Crippen LogP contribution < -0.4 is 10.1 Å². The van der Waals surface area contributed by atoms with Crippen LogP contribution in [0.4, 0.5) is 0 Å². The summed E-state index contributed by atoms with van der Waals surface area (Å²) in [4.78, 5) is 9.60. The standard InChI is InChI=1S/C33H37N7O2/c1-41-31-5-2-22(13-36-31)16-39-27-11-28(39)19-38(18-27)30-4-3-24(14-35-30)29-10-25(17-40-32(29)26(12-34)15-37-40)23-6-8-33(9-7-23)20-42-21-33/h2-6,10,13,15,17,24,27-28,30,35H,7-9,11,14,16,18-21H2,1H3/t24?,27-,28?,30?/m1/s1. The van der Waals surface area contributed by atoms with Gasteiger partial charge in [-0.3, -0.25) is 15.1 Å². The summed E-state index contributed by atoms with van der Waals surface area (Å²) in [5, 5.41) is 18.3. The van der Waals surface area contributed by atoms with Crippen LogP contribution in [0.15, 0.2) is 55.0 Å². The number of allylic oxidation sites excluding steroid dienone is 2. The Labute approximate surface area is 246 Å². The number of piperazine rings is 1. The average molecular weight is 564 g/mol. The molecule has 0 aromatic carbocycles. The lowest BCUT2D eigenvalue weighted by Crippen LogP contribution is -2.70. The van der Waals surface area contributed by atoms with Crippen molar-refractivity contribution in [1.29, 1.82) is 5.26 Å². The van der Waals surface area contributed by atoms with Crippen LogP contribution in [-0.2, 0) is 11.3 Å². The highest BCUT2D eigenvalue weighted by Gasteiger charge is 2.46. The fourth-order valence-corrected chi connectivity index (χ4v) is 7.68. The molecule has 0 radical (unpaired) electrons. The Morgan fingerprint density at radius 3 is 2.71 bits per heavy atom. The predicted octanol–water partition coefficient (Wildman–Crippen LogP) is 3.72. The highest BCUT2D eigenvalue weighted by atomic mass is 16.5. The number of pyridine rings is 2. The van der Waals surface area contributed by atoms with Crippen LogP contribution in [0.3, 0.4) is 0 Å². The van der Waals surface area contributed by atoms with Gasteiger partial charge in [-0.15, -0.1) is 0 Å². The first-order chi connectivity index (χ1) is 20.6. The van der Waals surface area contributed by atoms with E-state index >= 15 is 0 Å². The maximum absolute atomic E-state index is 9.86. The Morgan fingerprint density at radius 1 is 1.19 bits per heavy atom. The summed E-state index contributed by atoms with van der Waals surface area (Å²) in [6.45, 7) is 5.69. The van der Waals surface area contributed by atoms with Gasteiger partial charge >= 0.3 is 0 Å². The first-order valence-electron chi connectivity index (χ1n) is 15.2. The van der Waals surface area contributed by atoms with Crippen molar-refractivity contribution in [3.05, 3.63) is 77.3 Å². The van der Waals surface area contributed by atoms with Gasteiger partial charge in [-0.25, -0.2) is 9.50 Å². The number of hydrogen-bond donors (Lipinski definition) is 1. The summed E-state index contributed by atoms with van der Waals surface area (Å²) < 4.78 is 12.7. The number of nitriles is 1. The number of nitrogens with one attached hydrogen (secondary N) is 1. The Balaban J connectivity index is 0.979. The Kier molecular flexibility index (Phi) is 6.41. The van der Waals surface area contributed by atoms with Gasteiger partial charge in [-0.05, 0) is 54.0 Å². The molecule has 1 N–H and O–H groups in total. The number of ether oxygens (including phenoxy) is 2. The molecule has 9 rings (SSSR count). The normalized spacial score (nSPS) is 28.6. The number of rotatable bonds is 6. The van der Waals surface area contributed by atoms with E-state index < -0.39 is 0 Å². The number of piperidine rings is 1. The minimum atomic E-state index is 0.182.